The van der Waals surface area contributed by atoms with Gasteiger partial charge >= 0.3 is 0 Å². The first-order valence-corrected chi connectivity index (χ1v) is 7.68. The van der Waals surface area contributed by atoms with Gasteiger partial charge in [0.15, 0.2) is 0 Å². The number of hydrogen-bond donors (Lipinski definition) is 2. The van der Waals surface area contributed by atoms with Gasteiger partial charge in [-0.2, -0.15) is 0 Å². The molecule has 0 spiro atoms. The Labute approximate surface area is 118 Å². The van der Waals surface area contributed by atoms with Crippen LogP contribution >= 0.6 is 0 Å². The van der Waals surface area contributed by atoms with E-state index in [0.717, 1.165) is 45.1 Å². The fourth-order valence-electron chi connectivity index (χ4n) is 2.46. The van der Waals surface area contributed by atoms with E-state index in [9.17, 15) is 4.79 Å². The van der Waals surface area contributed by atoms with Crippen LogP contribution in [0.2, 0.25) is 0 Å². The van der Waals surface area contributed by atoms with Crippen molar-refractivity contribution in [2.24, 2.45) is 5.92 Å². The van der Waals surface area contributed by atoms with Crippen molar-refractivity contribution in [2.75, 3.05) is 32.7 Å². The summed E-state index contributed by atoms with van der Waals surface area (Å²) in [5, 5.41) is 6.42. The van der Waals surface area contributed by atoms with Gasteiger partial charge < -0.3 is 10.6 Å². The maximum Gasteiger partial charge on any atom is 0.239 e. The van der Waals surface area contributed by atoms with E-state index in [1.807, 2.05) is 13.8 Å². The second-order valence-corrected chi connectivity index (χ2v) is 6.44. The highest BCUT2D eigenvalue weighted by molar-refractivity contribution is 5.85. The number of carbonyl (C=O) groups excluding carboxylic acids is 1. The van der Waals surface area contributed by atoms with Crippen LogP contribution in [0.4, 0.5) is 0 Å². The minimum Gasteiger partial charge on any atom is -0.355 e. The third-order valence-corrected chi connectivity index (χ3v) is 3.96. The lowest BCUT2D eigenvalue weighted by molar-refractivity contribution is -0.132. The minimum absolute atomic E-state index is 0.166. The van der Waals surface area contributed by atoms with Crippen LogP contribution in [0.25, 0.3) is 0 Å². The lowest BCUT2D eigenvalue weighted by Crippen LogP contribution is -2.60. The second kappa shape index (κ2) is 7.85. The predicted molar refractivity (Wildman–Crippen MR) is 80.2 cm³/mol. The van der Waals surface area contributed by atoms with Crippen molar-refractivity contribution in [3.63, 3.8) is 0 Å². The van der Waals surface area contributed by atoms with Gasteiger partial charge in [0.05, 0.1) is 5.54 Å². The van der Waals surface area contributed by atoms with Crippen molar-refractivity contribution in [2.45, 2.75) is 52.5 Å². The summed E-state index contributed by atoms with van der Waals surface area (Å²) in [5.41, 5.74) is -0.389. The average molecular weight is 269 g/mol. The van der Waals surface area contributed by atoms with Crippen molar-refractivity contribution in [3.05, 3.63) is 0 Å². The number of hydrogen-bond acceptors (Lipinski definition) is 3. The Bertz CT molecular complexity index is 271. The topological polar surface area (TPSA) is 44.4 Å². The monoisotopic (exact) mass is 269 g/mol. The first-order chi connectivity index (χ1) is 8.94. The third kappa shape index (κ3) is 5.49. The lowest BCUT2D eigenvalue weighted by Gasteiger charge is -2.39. The minimum atomic E-state index is -0.389. The van der Waals surface area contributed by atoms with Gasteiger partial charge in [0, 0.05) is 32.7 Å². The second-order valence-electron chi connectivity index (χ2n) is 6.44. The quantitative estimate of drug-likeness (QED) is 0.690. The molecule has 0 aromatic rings. The van der Waals surface area contributed by atoms with E-state index in [-0.39, 0.29) is 11.4 Å². The highest BCUT2D eigenvalue weighted by atomic mass is 16.2. The number of nitrogens with zero attached hydrogens (tertiary/aromatic N) is 1. The molecule has 4 nitrogen and oxygen atoms in total. The Morgan fingerprint density at radius 3 is 2.47 bits per heavy atom. The first kappa shape index (κ1) is 16.4. The van der Waals surface area contributed by atoms with Gasteiger partial charge in [-0.05, 0) is 26.2 Å². The van der Waals surface area contributed by atoms with Crippen molar-refractivity contribution < 1.29 is 4.79 Å². The van der Waals surface area contributed by atoms with E-state index in [1.54, 1.807) is 0 Å². The molecule has 1 rings (SSSR count). The third-order valence-electron chi connectivity index (χ3n) is 3.96. The molecule has 1 fully saturated rings. The van der Waals surface area contributed by atoms with Crippen molar-refractivity contribution in [1.82, 2.24) is 15.5 Å². The summed E-state index contributed by atoms with van der Waals surface area (Å²) in [6.45, 7) is 13.2. The molecule has 0 aromatic carbocycles. The number of rotatable bonds is 7. The van der Waals surface area contributed by atoms with Gasteiger partial charge in [-0.25, -0.2) is 0 Å². The molecule has 0 unspecified atom stereocenters. The number of nitrogens with one attached hydrogen (secondary N) is 2. The molecule has 2 N–H and O–H groups in total. The van der Waals surface area contributed by atoms with Crippen LogP contribution in [0.1, 0.15) is 47.0 Å². The normalized spacial score (nSPS) is 17.7. The Morgan fingerprint density at radius 2 is 1.89 bits per heavy atom. The summed E-state index contributed by atoms with van der Waals surface area (Å²) in [7, 11) is 0. The summed E-state index contributed by atoms with van der Waals surface area (Å²) in [4.78, 5) is 14.6. The fourth-order valence-corrected chi connectivity index (χ4v) is 2.46. The molecule has 112 valence electrons. The molecule has 1 aliphatic heterocycles. The molecule has 1 heterocycles. The van der Waals surface area contributed by atoms with Crippen LogP contribution in [-0.2, 0) is 4.79 Å². The van der Waals surface area contributed by atoms with Crippen LogP contribution in [0.5, 0.6) is 0 Å². The summed E-state index contributed by atoms with van der Waals surface area (Å²) in [5.74, 6) is 0.923. The number of piperazine rings is 1. The molecule has 1 aliphatic rings. The SMILES string of the molecule is CC(C)CCCCNC(=O)C(C)(C)N1CCNCC1. The standard InChI is InChI=1S/C15H31N3O/c1-13(2)7-5-6-8-17-14(19)15(3,4)18-11-9-16-10-12-18/h13,16H,5-12H2,1-4H3,(H,17,19). The average Bonchev–Trinajstić information content (AvgIpc) is 2.38. The lowest BCUT2D eigenvalue weighted by atomic mass is 10.00. The van der Waals surface area contributed by atoms with Crippen molar-refractivity contribution in [3.8, 4) is 0 Å². The van der Waals surface area contributed by atoms with E-state index < -0.39 is 0 Å². The smallest absolute Gasteiger partial charge is 0.239 e. The summed E-state index contributed by atoms with van der Waals surface area (Å²) in [6.07, 6.45) is 3.53. The van der Waals surface area contributed by atoms with E-state index in [2.05, 4.69) is 29.4 Å². The molecule has 0 saturated carbocycles. The van der Waals surface area contributed by atoms with Crippen LogP contribution in [0, 0.1) is 5.92 Å². The number of carbonyl (C=O) groups is 1. The molecule has 4 heteroatoms. The zero-order valence-electron chi connectivity index (χ0n) is 13.1. The van der Waals surface area contributed by atoms with Gasteiger partial charge in [0.25, 0.3) is 0 Å². The predicted octanol–water partition coefficient (Wildman–Crippen LogP) is 1.61. The molecular formula is C15H31N3O. The van der Waals surface area contributed by atoms with Gasteiger partial charge in [-0.1, -0.05) is 26.7 Å². The molecule has 1 saturated heterocycles. The highest BCUT2D eigenvalue weighted by Crippen LogP contribution is 2.15. The largest absolute Gasteiger partial charge is 0.355 e. The van der Waals surface area contributed by atoms with Crippen molar-refractivity contribution >= 4 is 5.91 Å². The van der Waals surface area contributed by atoms with E-state index in [0.29, 0.717) is 0 Å². The van der Waals surface area contributed by atoms with E-state index in [4.69, 9.17) is 0 Å². The number of amides is 1. The zero-order valence-corrected chi connectivity index (χ0v) is 13.1. The molecule has 0 radical (unpaired) electrons. The fraction of sp³-hybridized carbons (Fsp3) is 0.933. The highest BCUT2D eigenvalue weighted by Gasteiger charge is 2.34. The van der Waals surface area contributed by atoms with Gasteiger partial charge in [0.2, 0.25) is 5.91 Å². The van der Waals surface area contributed by atoms with Crippen LogP contribution in [-0.4, -0.2) is 49.1 Å². The molecule has 19 heavy (non-hydrogen) atoms. The first-order valence-electron chi connectivity index (χ1n) is 7.68. The van der Waals surface area contributed by atoms with Crippen molar-refractivity contribution in [1.29, 1.82) is 0 Å². The Balaban J connectivity index is 2.26. The van der Waals surface area contributed by atoms with E-state index >= 15 is 0 Å². The van der Waals surface area contributed by atoms with Gasteiger partial charge in [-0.15, -0.1) is 0 Å². The molecule has 0 atom stereocenters. The van der Waals surface area contributed by atoms with Gasteiger partial charge in [0.1, 0.15) is 0 Å². The van der Waals surface area contributed by atoms with Crippen LogP contribution in [0.3, 0.4) is 0 Å². The zero-order chi connectivity index (χ0) is 14.3. The van der Waals surface area contributed by atoms with Crippen LogP contribution in [0.15, 0.2) is 0 Å². The molecule has 1 amide bonds. The van der Waals surface area contributed by atoms with Gasteiger partial charge in [-0.3, -0.25) is 9.69 Å². The maximum absolute atomic E-state index is 12.3. The summed E-state index contributed by atoms with van der Waals surface area (Å²) >= 11 is 0. The number of unbranched alkanes of at least 4 members (excludes halogenated alkanes) is 1. The Hall–Kier alpha value is -0.610. The summed E-state index contributed by atoms with van der Waals surface area (Å²) < 4.78 is 0. The molecule has 0 aliphatic carbocycles. The van der Waals surface area contributed by atoms with E-state index in [1.165, 1.54) is 12.8 Å². The molecule has 0 aromatic heterocycles. The molecular weight excluding hydrogens is 238 g/mol. The Morgan fingerprint density at radius 1 is 1.26 bits per heavy atom. The van der Waals surface area contributed by atoms with Crippen LogP contribution < -0.4 is 10.6 Å². The molecule has 0 bridgehead atoms. The summed E-state index contributed by atoms with van der Waals surface area (Å²) in [6, 6.07) is 0. The maximum atomic E-state index is 12.3. The Kier molecular flexibility index (Phi) is 6.80.